The molecule has 0 aromatic heterocycles. The third-order valence-electron chi connectivity index (χ3n) is 5.56. The Morgan fingerprint density at radius 3 is 2.67 bits per heavy atom. The van der Waals surface area contributed by atoms with Crippen LogP contribution >= 0.6 is 0 Å². The summed E-state index contributed by atoms with van der Waals surface area (Å²) in [7, 11) is 0. The zero-order chi connectivity index (χ0) is 14.5. The third kappa shape index (κ3) is 3.88. The number of hydrogen-bond acceptors (Lipinski definition) is 1. The molecular formula is C20H31N. The average molecular weight is 285 g/mol. The molecule has 3 rings (SSSR count). The summed E-state index contributed by atoms with van der Waals surface area (Å²) in [4.78, 5) is 0. The highest BCUT2D eigenvalue weighted by Gasteiger charge is 2.25. The minimum absolute atomic E-state index is 0.901. The van der Waals surface area contributed by atoms with Crippen molar-refractivity contribution in [3.05, 3.63) is 34.9 Å². The zero-order valence-electron chi connectivity index (χ0n) is 13.7. The van der Waals surface area contributed by atoms with Gasteiger partial charge in [0.25, 0.3) is 0 Å². The topological polar surface area (TPSA) is 12.0 Å². The van der Waals surface area contributed by atoms with Crippen molar-refractivity contribution in [2.45, 2.75) is 64.7 Å². The predicted molar refractivity (Wildman–Crippen MR) is 90.8 cm³/mol. The Morgan fingerprint density at radius 2 is 1.81 bits per heavy atom. The summed E-state index contributed by atoms with van der Waals surface area (Å²) in [6.45, 7) is 4.68. The first-order valence-corrected chi connectivity index (χ1v) is 9.18. The van der Waals surface area contributed by atoms with Crippen LogP contribution in [0.5, 0.6) is 0 Å². The number of nitrogens with one attached hydrogen (secondary N) is 1. The summed E-state index contributed by atoms with van der Waals surface area (Å²) in [5.41, 5.74) is 4.86. The van der Waals surface area contributed by atoms with Crippen molar-refractivity contribution in [3.8, 4) is 0 Å². The van der Waals surface area contributed by atoms with Crippen molar-refractivity contribution in [3.63, 3.8) is 0 Å². The fraction of sp³-hybridized carbons (Fsp3) is 0.700. The summed E-state index contributed by atoms with van der Waals surface area (Å²) < 4.78 is 0. The van der Waals surface area contributed by atoms with Gasteiger partial charge in [-0.3, -0.25) is 0 Å². The second-order valence-electron chi connectivity index (χ2n) is 7.17. The van der Waals surface area contributed by atoms with E-state index in [1.807, 2.05) is 0 Å². The molecule has 1 heteroatoms. The van der Waals surface area contributed by atoms with Crippen molar-refractivity contribution >= 4 is 0 Å². The van der Waals surface area contributed by atoms with Crippen molar-refractivity contribution in [1.29, 1.82) is 0 Å². The van der Waals surface area contributed by atoms with Crippen molar-refractivity contribution < 1.29 is 0 Å². The molecule has 0 amide bonds. The molecule has 2 aliphatic carbocycles. The first-order chi connectivity index (χ1) is 10.4. The van der Waals surface area contributed by atoms with E-state index in [1.54, 1.807) is 16.7 Å². The van der Waals surface area contributed by atoms with Gasteiger partial charge in [0.05, 0.1) is 0 Å². The van der Waals surface area contributed by atoms with Crippen LogP contribution in [0, 0.1) is 11.8 Å². The molecule has 2 aliphatic rings. The molecule has 0 radical (unpaired) electrons. The molecule has 1 aromatic rings. The number of benzene rings is 1. The van der Waals surface area contributed by atoms with Gasteiger partial charge in [0, 0.05) is 0 Å². The largest absolute Gasteiger partial charge is 0.316 e. The first-order valence-electron chi connectivity index (χ1n) is 9.18. The first kappa shape index (κ1) is 15.1. The summed E-state index contributed by atoms with van der Waals surface area (Å²) in [6.07, 6.45) is 12.3. The summed E-state index contributed by atoms with van der Waals surface area (Å²) >= 11 is 0. The van der Waals surface area contributed by atoms with E-state index in [0.29, 0.717) is 0 Å². The highest BCUT2D eigenvalue weighted by atomic mass is 14.9. The molecule has 0 spiro atoms. The quantitative estimate of drug-likeness (QED) is 0.758. The Kier molecular flexibility index (Phi) is 5.35. The molecule has 0 bridgehead atoms. The van der Waals surface area contributed by atoms with Crippen LogP contribution in [-0.4, -0.2) is 13.1 Å². The Bertz CT molecular complexity index is 451. The maximum atomic E-state index is 3.66. The lowest BCUT2D eigenvalue weighted by Gasteiger charge is -2.32. The van der Waals surface area contributed by atoms with Crippen LogP contribution in [0.4, 0.5) is 0 Å². The van der Waals surface area contributed by atoms with E-state index in [-0.39, 0.29) is 0 Å². The van der Waals surface area contributed by atoms with E-state index < -0.39 is 0 Å². The lowest BCUT2D eigenvalue weighted by molar-refractivity contribution is 0.229. The number of rotatable bonds is 6. The van der Waals surface area contributed by atoms with Crippen molar-refractivity contribution in [1.82, 2.24) is 5.32 Å². The Morgan fingerprint density at radius 1 is 1.00 bits per heavy atom. The highest BCUT2D eigenvalue weighted by Crippen LogP contribution is 2.33. The van der Waals surface area contributed by atoms with Crippen LogP contribution in [0.3, 0.4) is 0 Å². The minimum Gasteiger partial charge on any atom is -0.316 e. The molecule has 0 saturated heterocycles. The van der Waals surface area contributed by atoms with E-state index in [1.165, 1.54) is 70.9 Å². The monoisotopic (exact) mass is 285 g/mol. The summed E-state index contributed by atoms with van der Waals surface area (Å²) in [5.74, 6) is 1.81. The molecule has 21 heavy (non-hydrogen) atoms. The summed E-state index contributed by atoms with van der Waals surface area (Å²) in [5, 5.41) is 3.66. The SMILES string of the molecule is CCCNCC1CCCCC1Cc1ccc2c(c1)CCC2. The fourth-order valence-corrected chi connectivity index (χ4v) is 4.34. The van der Waals surface area contributed by atoms with Crippen LogP contribution in [0.15, 0.2) is 18.2 Å². The fourth-order valence-electron chi connectivity index (χ4n) is 4.34. The van der Waals surface area contributed by atoms with Crippen LogP contribution in [0.1, 0.15) is 62.1 Å². The van der Waals surface area contributed by atoms with Gasteiger partial charge in [-0.05, 0) is 86.6 Å². The minimum atomic E-state index is 0.901. The van der Waals surface area contributed by atoms with Crippen LogP contribution in [-0.2, 0) is 19.3 Å². The molecule has 1 N–H and O–H groups in total. The Balaban J connectivity index is 1.61. The van der Waals surface area contributed by atoms with Crippen molar-refractivity contribution in [2.75, 3.05) is 13.1 Å². The highest BCUT2D eigenvalue weighted by molar-refractivity contribution is 5.35. The molecule has 1 aromatic carbocycles. The van der Waals surface area contributed by atoms with Gasteiger partial charge in [-0.1, -0.05) is 38.0 Å². The van der Waals surface area contributed by atoms with Gasteiger partial charge >= 0.3 is 0 Å². The molecule has 0 aliphatic heterocycles. The second-order valence-corrected chi connectivity index (χ2v) is 7.17. The predicted octanol–water partition coefficient (Wildman–Crippen LogP) is 4.52. The molecule has 1 fully saturated rings. The maximum absolute atomic E-state index is 3.66. The van der Waals surface area contributed by atoms with E-state index in [9.17, 15) is 0 Å². The lowest BCUT2D eigenvalue weighted by Crippen LogP contribution is -2.32. The summed E-state index contributed by atoms with van der Waals surface area (Å²) in [6, 6.07) is 7.34. The van der Waals surface area contributed by atoms with E-state index in [2.05, 4.69) is 30.4 Å². The maximum Gasteiger partial charge on any atom is -0.00178 e. The van der Waals surface area contributed by atoms with Crippen LogP contribution in [0.2, 0.25) is 0 Å². The molecule has 1 saturated carbocycles. The van der Waals surface area contributed by atoms with Crippen molar-refractivity contribution in [2.24, 2.45) is 11.8 Å². The number of aryl methyl sites for hydroxylation is 2. The van der Waals surface area contributed by atoms with E-state index in [0.717, 1.165) is 11.8 Å². The Labute approximate surface area is 130 Å². The van der Waals surface area contributed by atoms with Gasteiger partial charge in [0.15, 0.2) is 0 Å². The standard InChI is InChI=1S/C20H31N/c1-2-12-21-15-20-7-4-3-6-19(20)14-16-10-11-17-8-5-9-18(17)13-16/h10-11,13,19-21H,2-9,12,14-15H2,1H3. The molecule has 2 unspecified atom stereocenters. The lowest BCUT2D eigenvalue weighted by atomic mass is 9.76. The average Bonchev–Trinajstić information content (AvgIpc) is 2.97. The molecular weight excluding hydrogens is 254 g/mol. The van der Waals surface area contributed by atoms with Gasteiger partial charge in [0.2, 0.25) is 0 Å². The second kappa shape index (κ2) is 7.45. The third-order valence-corrected chi connectivity index (χ3v) is 5.56. The van der Waals surface area contributed by atoms with Gasteiger partial charge in [-0.15, -0.1) is 0 Å². The normalized spacial score (nSPS) is 25.0. The molecule has 116 valence electrons. The van der Waals surface area contributed by atoms with E-state index >= 15 is 0 Å². The smallest absolute Gasteiger partial charge is 0.00178 e. The zero-order valence-corrected chi connectivity index (χ0v) is 13.7. The van der Waals surface area contributed by atoms with Gasteiger partial charge in [-0.25, -0.2) is 0 Å². The molecule has 0 heterocycles. The number of hydrogen-bond donors (Lipinski definition) is 1. The van der Waals surface area contributed by atoms with Crippen LogP contribution in [0.25, 0.3) is 0 Å². The van der Waals surface area contributed by atoms with Crippen LogP contribution < -0.4 is 5.32 Å². The van der Waals surface area contributed by atoms with Gasteiger partial charge in [-0.2, -0.15) is 0 Å². The number of fused-ring (bicyclic) bond motifs is 1. The Hall–Kier alpha value is -0.820. The van der Waals surface area contributed by atoms with Gasteiger partial charge < -0.3 is 5.32 Å². The van der Waals surface area contributed by atoms with Gasteiger partial charge in [0.1, 0.15) is 0 Å². The van der Waals surface area contributed by atoms with E-state index in [4.69, 9.17) is 0 Å². The molecule has 2 atom stereocenters. The molecule has 1 nitrogen and oxygen atoms in total.